The summed E-state index contributed by atoms with van der Waals surface area (Å²) in [5.74, 6) is 0.374. The fourth-order valence-corrected chi connectivity index (χ4v) is 1.32. The minimum atomic E-state index is 0.374. The Bertz CT molecular complexity index is 395. The van der Waals surface area contributed by atoms with Crippen LogP contribution in [0.5, 0.6) is 0 Å². The second-order valence-electron chi connectivity index (χ2n) is 1.99. The molecule has 0 fully saturated rings. The molecule has 2 rings (SSSR count). The number of halogens is 1. The third-order valence-corrected chi connectivity index (χ3v) is 2.08. The van der Waals surface area contributed by atoms with Gasteiger partial charge >= 0.3 is 0 Å². The molecule has 2 aromatic rings. The molecule has 2 heterocycles. The van der Waals surface area contributed by atoms with E-state index < -0.39 is 0 Å². The quantitative estimate of drug-likeness (QED) is 0.535. The molecule has 3 N–H and O–H groups in total. The van der Waals surface area contributed by atoms with Crippen LogP contribution in [0.1, 0.15) is 0 Å². The first kappa shape index (κ1) is 6.77. The number of aromatic nitrogens is 4. The zero-order valence-corrected chi connectivity index (χ0v) is 7.53. The van der Waals surface area contributed by atoms with Crippen molar-refractivity contribution in [3.63, 3.8) is 0 Å². The van der Waals surface area contributed by atoms with E-state index >= 15 is 0 Å². The fourth-order valence-electron chi connectivity index (χ4n) is 0.818. The summed E-state index contributed by atoms with van der Waals surface area (Å²) >= 11 is 2.09. The van der Waals surface area contributed by atoms with Crippen LogP contribution in [0.3, 0.4) is 0 Å². The topological polar surface area (TPSA) is 80.5 Å². The number of aromatic amines is 1. The van der Waals surface area contributed by atoms with Gasteiger partial charge in [0.25, 0.3) is 0 Å². The van der Waals surface area contributed by atoms with Crippen molar-refractivity contribution in [2.75, 3.05) is 5.73 Å². The number of hydrogen-bond acceptors (Lipinski definition) is 4. The van der Waals surface area contributed by atoms with E-state index in [0.717, 1.165) is 9.22 Å². The number of fused-ring (bicyclic) bond motifs is 1. The van der Waals surface area contributed by atoms with Gasteiger partial charge in [-0.25, -0.2) is 9.97 Å². The highest BCUT2D eigenvalue weighted by atomic mass is 127. The van der Waals surface area contributed by atoms with Gasteiger partial charge in [-0.05, 0) is 22.6 Å². The Balaban J connectivity index is 2.90. The Kier molecular flexibility index (Phi) is 1.41. The lowest BCUT2D eigenvalue weighted by Crippen LogP contribution is -1.84. The van der Waals surface area contributed by atoms with Gasteiger partial charge in [0.15, 0.2) is 11.6 Å². The minimum absolute atomic E-state index is 0.374. The molecule has 6 heteroatoms. The number of anilines is 1. The molecule has 0 aliphatic rings. The zero-order valence-electron chi connectivity index (χ0n) is 5.37. The van der Waals surface area contributed by atoms with Crippen molar-refractivity contribution in [3.8, 4) is 0 Å². The molecule has 2 aromatic heterocycles. The van der Waals surface area contributed by atoms with Crippen LogP contribution >= 0.6 is 22.6 Å². The number of rotatable bonds is 0. The average molecular weight is 261 g/mol. The van der Waals surface area contributed by atoms with Gasteiger partial charge in [0.1, 0.15) is 15.5 Å². The molecule has 0 aromatic carbocycles. The molecule has 0 saturated carbocycles. The maximum Gasteiger partial charge on any atom is 0.200 e. The molecule has 11 heavy (non-hydrogen) atoms. The monoisotopic (exact) mass is 261 g/mol. The van der Waals surface area contributed by atoms with Gasteiger partial charge in [-0.3, -0.25) is 0 Å². The molecule has 0 spiro atoms. The van der Waals surface area contributed by atoms with Crippen LogP contribution < -0.4 is 5.73 Å². The number of imidazole rings is 1. The van der Waals surface area contributed by atoms with Crippen LogP contribution in [0.15, 0.2) is 6.33 Å². The summed E-state index contributed by atoms with van der Waals surface area (Å²) in [6, 6.07) is 0. The lowest BCUT2D eigenvalue weighted by Gasteiger charge is -1.87. The lowest BCUT2D eigenvalue weighted by atomic mass is 10.6. The van der Waals surface area contributed by atoms with Gasteiger partial charge in [0.2, 0.25) is 0 Å². The summed E-state index contributed by atoms with van der Waals surface area (Å²) in [6.07, 6.45) is 1.46. The highest BCUT2D eigenvalue weighted by Gasteiger charge is 2.03. The normalized spacial score (nSPS) is 10.6. The van der Waals surface area contributed by atoms with Crippen molar-refractivity contribution >= 4 is 39.7 Å². The molecule has 0 radical (unpaired) electrons. The Labute approximate surface area is 75.6 Å². The molecular weight excluding hydrogens is 257 g/mol. The number of hydrogen-bond donors (Lipinski definition) is 2. The molecule has 0 amide bonds. The minimum Gasteiger partial charge on any atom is -0.369 e. The van der Waals surface area contributed by atoms with E-state index in [-0.39, 0.29) is 0 Å². The van der Waals surface area contributed by atoms with Crippen molar-refractivity contribution in [2.24, 2.45) is 0 Å². The third-order valence-electron chi connectivity index (χ3n) is 1.26. The number of nitrogens with zero attached hydrogens (tertiary/aromatic N) is 3. The summed E-state index contributed by atoms with van der Waals surface area (Å²) in [4.78, 5) is 14.7. The fraction of sp³-hybridized carbons (Fsp3) is 0. The first-order chi connectivity index (χ1) is 5.27. The van der Waals surface area contributed by atoms with E-state index in [2.05, 4.69) is 42.5 Å². The largest absolute Gasteiger partial charge is 0.369 e. The molecule has 0 unspecified atom stereocenters. The van der Waals surface area contributed by atoms with Crippen LogP contribution in [-0.4, -0.2) is 19.9 Å². The predicted molar refractivity (Wildman–Crippen MR) is 48.8 cm³/mol. The van der Waals surface area contributed by atoms with Crippen molar-refractivity contribution in [2.45, 2.75) is 0 Å². The summed E-state index contributed by atoms with van der Waals surface area (Å²) in [5, 5.41) is 0. The first-order valence-electron chi connectivity index (χ1n) is 2.89. The van der Waals surface area contributed by atoms with Crippen LogP contribution in [0.2, 0.25) is 0 Å². The standard InChI is InChI=1S/C5H4IN5/c6-3-2-4(9-1-8-3)11-5(7)10-2/h1H,(H3,7,8,9,10,11). The van der Waals surface area contributed by atoms with Gasteiger partial charge in [-0.2, -0.15) is 4.98 Å². The smallest absolute Gasteiger partial charge is 0.200 e. The van der Waals surface area contributed by atoms with Gasteiger partial charge < -0.3 is 10.7 Å². The molecule has 0 saturated heterocycles. The Morgan fingerprint density at radius 1 is 1.45 bits per heavy atom. The maximum atomic E-state index is 5.42. The average Bonchev–Trinajstić information content (AvgIpc) is 2.31. The maximum absolute atomic E-state index is 5.42. The summed E-state index contributed by atoms with van der Waals surface area (Å²) in [6.45, 7) is 0. The van der Waals surface area contributed by atoms with Crippen LogP contribution in [0.25, 0.3) is 11.2 Å². The first-order valence-corrected chi connectivity index (χ1v) is 3.97. The van der Waals surface area contributed by atoms with E-state index in [4.69, 9.17) is 5.73 Å². The molecule has 0 aliphatic heterocycles. The van der Waals surface area contributed by atoms with Crippen LogP contribution in [0, 0.1) is 3.70 Å². The third kappa shape index (κ3) is 1.02. The summed E-state index contributed by atoms with van der Waals surface area (Å²) in [5.41, 5.74) is 6.83. The SMILES string of the molecule is Nc1nc2ncnc(I)c2[nH]1. The van der Waals surface area contributed by atoms with E-state index in [0.29, 0.717) is 11.6 Å². The highest BCUT2D eigenvalue weighted by Crippen LogP contribution is 2.13. The van der Waals surface area contributed by atoms with Crippen molar-refractivity contribution < 1.29 is 0 Å². The number of nitrogens with one attached hydrogen (secondary N) is 1. The molecule has 0 aliphatic carbocycles. The Hall–Kier alpha value is -0.920. The second-order valence-corrected chi connectivity index (χ2v) is 3.01. The van der Waals surface area contributed by atoms with Crippen molar-refractivity contribution in [1.82, 2.24) is 19.9 Å². The molecule has 56 valence electrons. The highest BCUT2D eigenvalue weighted by molar-refractivity contribution is 14.1. The van der Waals surface area contributed by atoms with Crippen molar-refractivity contribution in [3.05, 3.63) is 10.0 Å². The van der Waals surface area contributed by atoms with Gasteiger partial charge in [-0.1, -0.05) is 0 Å². The lowest BCUT2D eigenvalue weighted by molar-refractivity contribution is 1.17. The Morgan fingerprint density at radius 3 is 3.00 bits per heavy atom. The molecule has 0 bridgehead atoms. The number of nitrogen functional groups attached to an aromatic ring is 1. The molecular formula is C5H4IN5. The predicted octanol–water partition coefficient (Wildman–Crippen LogP) is 0.540. The molecule has 5 nitrogen and oxygen atoms in total. The molecule has 0 atom stereocenters. The second kappa shape index (κ2) is 2.29. The summed E-state index contributed by atoms with van der Waals surface area (Å²) < 4.78 is 0.830. The zero-order chi connectivity index (χ0) is 7.84. The Morgan fingerprint density at radius 2 is 2.27 bits per heavy atom. The van der Waals surface area contributed by atoms with E-state index in [1.807, 2.05) is 0 Å². The van der Waals surface area contributed by atoms with Gasteiger partial charge in [0.05, 0.1) is 0 Å². The van der Waals surface area contributed by atoms with Crippen molar-refractivity contribution in [1.29, 1.82) is 0 Å². The number of H-pyrrole nitrogens is 1. The van der Waals surface area contributed by atoms with E-state index in [1.54, 1.807) is 0 Å². The van der Waals surface area contributed by atoms with Crippen LogP contribution in [0.4, 0.5) is 5.95 Å². The van der Waals surface area contributed by atoms with Gasteiger partial charge in [-0.15, -0.1) is 0 Å². The van der Waals surface area contributed by atoms with Crippen LogP contribution in [-0.2, 0) is 0 Å². The van der Waals surface area contributed by atoms with E-state index in [1.165, 1.54) is 6.33 Å². The summed E-state index contributed by atoms with van der Waals surface area (Å²) in [7, 11) is 0. The van der Waals surface area contributed by atoms with E-state index in [9.17, 15) is 0 Å². The number of nitrogens with two attached hydrogens (primary N) is 1. The van der Waals surface area contributed by atoms with Gasteiger partial charge in [0, 0.05) is 0 Å².